The van der Waals surface area contributed by atoms with Gasteiger partial charge >= 0.3 is 0 Å². The second kappa shape index (κ2) is 4.92. The van der Waals surface area contributed by atoms with Gasteiger partial charge in [0, 0.05) is 0 Å². The molecule has 17 heavy (non-hydrogen) atoms. The van der Waals surface area contributed by atoms with Crippen LogP contribution in [-0.2, 0) is 0 Å². The average Bonchev–Trinajstić information content (AvgIpc) is 2.81. The Balaban J connectivity index is 2.21. The van der Waals surface area contributed by atoms with Crippen LogP contribution in [0.15, 0.2) is 24.3 Å². The molecule has 0 amide bonds. The van der Waals surface area contributed by atoms with Crippen molar-refractivity contribution < 1.29 is 4.74 Å². The molecule has 2 rings (SSSR count). The molecule has 0 fully saturated rings. The summed E-state index contributed by atoms with van der Waals surface area (Å²) in [5.41, 5.74) is 6.91. The van der Waals surface area contributed by atoms with Crippen LogP contribution in [0.5, 0.6) is 5.75 Å². The van der Waals surface area contributed by atoms with Crippen LogP contribution in [0.1, 0.15) is 31.3 Å². The standard InChI is InChI=1S/C11H15N5O/c1-7(2)17-9-5-3-4-8(6-9)10(12)11-13-15-16-14-11/h3-7,10H,12H2,1-2H3,(H,13,14,15,16). The summed E-state index contributed by atoms with van der Waals surface area (Å²) in [6, 6.07) is 7.19. The molecule has 6 nitrogen and oxygen atoms in total. The van der Waals surface area contributed by atoms with Crippen molar-refractivity contribution in [3.63, 3.8) is 0 Å². The summed E-state index contributed by atoms with van der Waals surface area (Å²) in [6.45, 7) is 3.96. The third-order valence-electron chi connectivity index (χ3n) is 2.23. The van der Waals surface area contributed by atoms with Crippen LogP contribution in [0.4, 0.5) is 0 Å². The smallest absolute Gasteiger partial charge is 0.195 e. The van der Waals surface area contributed by atoms with Crippen molar-refractivity contribution in [1.29, 1.82) is 0 Å². The molecule has 1 unspecified atom stereocenters. The summed E-state index contributed by atoms with van der Waals surface area (Å²) in [4.78, 5) is 0. The molecule has 0 aliphatic rings. The Labute approximate surface area is 99.2 Å². The minimum absolute atomic E-state index is 0.131. The van der Waals surface area contributed by atoms with Gasteiger partial charge in [-0.1, -0.05) is 17.3 Å². The fourth-order valence-electron chi connectivity index (χ4n) is 1.50. The van der Waals surface area contributed by atoms with Crippen LogP contribution in [0.25, 0.3) is 0 Å². The van der Waals surface area contributed by atoms with E-state index in [0.29, 0.717) is 5.82 Å². The molecule has 1 aromatic heterocycles. The maximum Gasteiger partial charge on any atom is 0.195 e. The number of nitrogens with two attached hydrogens (primary N) is 1. The molecule has 0 saturated carbocycles. The van der Waals surface area contributed by atoms with Gasteiger partial charge in [0.05, 0.1) is 12.1 Å². The van der Waals surface area contributed by atoms with E-state index in [4.69, 9.17) is 10.5 Å². The lowest BCUT2D eigenvalue weighted by Gasteiger charge is -2.12. The molecule has 90 valence electrons. The highest BCUT2D eigenvalue weighted by Gasteiger charge is 2.14. The van der Waals surface area contributed by atoms with Crippen molar-refractivity contribution in [3.8, 4) is 5.75 Å². The van der Waals surface area contributed by atoms with Gasteiger partial charge in [-0.3, -0.25) is 0 Å². The fraction of sp³-hybridized carbons (Fsp3) is 0.364. The average molecular weight is 233 g/mol. The molecular formula is C11H15N5O. The van der Waals surface area contributed by atoms with Crippen molar-refractivity contribution in [3.05, 3.63) is 35.7 Å². The summed E-state index contributed by atoms with van der Waals surface area (Å²) in [5, 5.41) is 13.6. The zero-order valence-electron chi connectivity index (χ0n) is 9.79. The number of rotatable bonds is 4. The summed E-state index contributed by atoms with van der Waals surface area (Å²) in [6.07, 6.45) is 0.131. The van der Waals surface area contributed by atoms with E-state index in [9.17, 15) is 0 Å². The summed E-state index contributed by atoms with van der Waals surface area (Å²) < 4.78 is 5.60. The predicted molar refractivity (Wildman–Crippen MR) is 62.4 cm³/mol. The third-order valence-corrected chi connectivity index (χ3v) is 2.23. The minimum Gasteiger partial charge on any atom is -0.491 e. The molecule has 6 heteroatoms. The predicted octanol–water partition coefficient (Wildman–Crippen LogP) is 1.03. The van der Waals surface area contributed by atoms with E-state index in [1.807, 2.05) is 38.1 Å². The largest absolute Gasteiger partial charge is 0.491 e. The number of nitrogens with one attached hydrogen (secondary N) is 1. The van der Waals surface area contributed by atoms with Crippen LogP contribution in [0.3, 0.4) is 0 Å². The first-order valence-corrected chi connectivity index (χ1v) is 5.42. The molecule has 1 atom stereocenters. The zero-order valence-corrected chi connectivity index (χ0v) is 9.79. The Kier molecular flexibility index (Phi) is 3.34. The number of benzene rings is 1. The van der Waals surface area contributed by atoms with E-state index in [1.165, 1.54) is 0 Å². The molecule has 0 aliphatic carbocycles. The van der Waals surface area contributed by atoms with Gasteiger partial charge in [-0.2, -0.15) is 5.21 Å². The molecule has 0 saturated heterocycles. The Morgan fingerprint density at radius 1 is 1.35 bits per heavy atom. The minimum atomic E-state index is -0.399. The van der Waals surface area contributed by atoms with Gasteiger partial charge in [0.25, 0.3) is 0 Å². The lowest BCUT2D eigenvalue weighted by Crippen LogP contribution is -2.14. The highest BCUT2D eigenvalue weighted by atomic mass is 16.5. The molecule has 0 radical (unpaired) electrons. The number of hydrogen-bond acceptors (Lipinski definition) is 5. The molecule has 0 spiro atoms. The van der Waals surface area contributed by atoms with Gasteiger partial charge in [0.2, 0.25) is 0 Å². The summed E-state index contributed by atoms with van der Waals surface area (Å²) in [7, 11) is 0. The highest BCUT2D eigenvalue weighted by Crippen LogP contribution is 2.21. The second-order valence-electron chi connectivity index (χ2n) is 3.99. The molecule has 1 aromatic carbocycles. The quantitative estimate of drug-likeness (QED) is 0.823. The van der Waals surface area contributed by atoms with Gasteiger partial charge in [-0.05, 0) is 31.5 Å². The summed E-state index contributed by atoms with van der Waals surface area (Å²) >= 11 is 0. The van der Waals surface area contributed by atoms with Crippen molar-refractivity contribution in [2.45, 2.75) is 26.0 Å². The molecule has 0 aliphatic heterocycles. The number of tetrazole rings is 1. The maximum absolute atomic E-state index is 6.02. The van der Waals surface area contributed by atoms with Crippen molar-refractivity contribution in [2.75, 3.05) is 0 Å². The Bertz CT molecular complexity index is 468. The maximum atomic E-state index is 6.02. The van der Waals surface area contributed by atoms with E-state index in [-0.39, 0.29) is 6.10 Å². The van der Waals surface area contributed by atoms with E-state index in [0.717, 1.165) is 11.3 Å². The number of H-pyrrole nitrogens is 1. The van der Waals surface area contributed by atoms with Crippen molar-refractivity contribution in [1.82, 2.24) is 20.6 Å². The number of hydrogen-bond donors (Lipinski definition) is 2. The van der Waals surface area contributed by atoms with Gasteiger partial charge in [0.1, 0.15) is 5.75 Å². The van der Waals surface area contributed by atoms with Gasteiger partial charge in [-0.15, -0.1) is 10.2 Å². The first-order valence-electron chi connectivity index (χ1n) is 5.42. The zero-order chi connectivity index (χ0) is 12.3. The lowest BCUT2D eigenvalue weighted by molar-refractivity contribution is 0.242. The third kappa shape index (κ3) is 2.79. The Morgan fingerprint density at radius 3 is 2.82 bits per heavy atom. The SMILES string of the molecule is CC(C)Oc1cccc(C(N)c2nn[nH]n2)c1. The van der Waals surface area contributed by atoms with Crippen LogP contribution < -0.4 is 10.5 Å². The number of aromatic nitrogens is 4. The summed E-state index contributed by atoms with van der Waals surface area (Å²) in [5.74, 6) is 1.25. The molecule has 2 aromatic rings. The Hall–Kier alpha value is -1.95. The van der Waals surface area contributed by atoms with E-state index >= 15 is 0 Å². The normalized spacial score (nSPS) is 12.7. The molecule has 3 N–H and O–H groups in total. The van der Waals surface area contributed by atoms with E-state index < -0.39 is 6.04 Å². The molecular weight excluding hydrogens is 218 g/mol. The lowest BCUT2D eigenvalue weighted by atomic mass is 10.1. The molecule has 1 heterocycles. The van der Waals surface area contributed by atoms with Crippen LogP contribution in [0, 0.1) is 0 Å². The second-order valence-corrected chi connectivity index (χ2v) is 3.99. The monoisotopic (exact) mass is 233 g/mol. The van der Waals surface area contributed by atoms with Gasteiger partial charge < -0.3 is 10.5 Å². The van der Waals surface area contributed by atoms with E-state index in [2.05, 4.69) is 20.6 Å². The van der Waals surface area contributed by atoms with Crippen LogP contribution in [0.2, 0.25) is 0 Å². The van der Waals surface area contributed by atoms with Crippen molar-refractivity contribution in [2.24, 2.45) is 5.73 Å². The fourth-order valence-corrected chi connectivity index (χ4v) is 1.50. The van der Waals surface area contributed by atoms with E-state index in [1.54, 1.807) is 0 Å². The number of aromatic amines is 1. The van der Waals surface area contributed by atoms with Crippen LogP contribution in [-0.4, -0.2) is 26.7 Å². The Morgan fingerprint density at radius 2 is 2.18 bits per heavy atom. The number of ether oxygens (including phenoxy) is 1. The first kappa shape index (κ1) is 11.5. The van der Waals surface area contributed by atoms with Gasteiger partial charge in [-0.25, -0.2) is 0 Å². The molecule has 0 bridgehead atoms. The topological polar surface area (TPSA) is 89.7 Å². The van der Waals surface area contributed by atoms with Gasteiger partial charge in [0.15, 0.2) is 5.82 Å². The first-order chi connectivity index (χ1) is 8.16. The number of nitrogens with zero attached hydrogens (tertiary/aromatic N) is 3. The van der Waals surface area contributed by atoms with Crippen LogP contribution >= 0.6 is 0 Å². The highest BCUT2D eigenvalue weighted by molar-refractivity contribution is 5.32. The van der Waals surface area contributed by atoms with Crippen molar-refractivity contribution >= 4 is 0 Å².